The van der Waals surface area contributed by atoms with Crippen LogP contribution in [0.1, 0.15) is 128 Å². The SMILES string of the molecule is CC(C)(C)c1ccc2c(c1)c1ccc(C(C)(C)C)cc1n2-c1cc2c(c(C#N)c1C(F)(F)F)C(F)(F)c1c(C(C)(C)C)ccc3c4cc(C(C)(C)C)ccc4n-2c13. The number of fused-ring (bicyclic) bond motifs is 8. The van der Waals surface area contributed by atoms with E-state index < -0.39 is 34.2 Å². The lowest BCUT2D eigenvalue weighted by Gasteiger charge is -2.35. The van der Waals surface area contributed by atoms with Crippen LogP contribution in [0.2, 0.25) is 0 Å². The van der Waals surface area contributed by atoms with Crippen LogP contribution in [0.4, 0.5) is 22.0 Å². The highest BCUT2D eigenvalue weighted by molar-refractivity contribution is 6.13. The van der Waals surface area contributed by atoms with Gasteiger partial charge in [0.2, 0.25) is 0 Å². The zero-order chi connectivity index (χ0) is 41.7. The monoisotopic (exact) mass is 773 g/mol. The number of nitriles is 1. The lowest BCUT2D eigenvalue weighted by atomic mass is 9.77. The molecule has 0 radical (unpaired) electrons. The van der Waals surface area contributed by atoms with Crippen molar-refractivity contribution in [3.63, 3.8) is 0 Å². The molecule has 294 valence electrons. The summed E-state index contributed by atoms with van der Waals surface area (Å²) >= 11 is 0. The van der Waals surface area contributed by atoms with E-state index >= 15 is 22.0 Å². The molecule has 0 amide bonds. The first-order valence-corrected chi connectivity index (χ1v) is 19.5. The van der Waals surface area contributed by atoms with Crippen molar-refractivity contribution < 1.29 is 22.0 Å². The van der Waals surface area contributed by atoms with E-state index in [1.165, 1.54) is 10.6 Å². The predicted octanol–water partition coefficient (Wildman–Crippen LogP) is 14.4. The Hall–Kier alpha value is -5.16. The second-order valence-electron chi connectivity index (χ2n) is 20.0. The van der Waals surface area contributed by atoms with E-state index in [4.69, 9.17) is 0 Å². The molecule has 0 saturated carbocycles. The maximum Gasteiger partial charge on any atom is 0.419 e. The zero-order valence-corrected chi connectivity index (χ0v) is 34.7. The van der Waals surface area contributed by atoms with Gasteiger partial charge in [-0.2, -0.15) is 27.2 Å². The fourth-order valence-corrected chi connectivity index (χ4v) is 8.83. The average Bonchev–Trinajstić information content (AvgIpc) is 3.59. The highest BCUT2D eigenvalue weighted by atomic mass is 19.4. The van der Waals surface area contributed by atoms with E-state index in [0.717, 1.165) is 27.5 Å². The molecule has 3 heterocycles. The van der Waals surface area contributed by atoms with Gasteiger partial charge in [-0.3, -0.25) is 0 Å². The second-order valence-corrected chi connectivity index (χ2v) is 20.0. The van der Waals surface area contributed by atoms with E-state index in [2.05, 4.69) is 41.5 Å². The molecule has 0 fully saturated rings. The molecule has 0 saturated heterocycles. The summed E-state index contributed by atoms with van der Waals surface area (Å²) in [5.41, 5.74) is -1.01. The zero-order valence-electron chi connectivity index (χ0n) is 34.7. The first kappa shape index (κ1) is 38.7. The Morgan fingerprint density at radius 1 is 0.509 bits per heavy atom. The maximum absolute atomic E-state index is 17.8. The molecule has 0 atom stereocenters. The van der Waals surface area contributed by atoms with Crippen LogP contribution in [-0.4, -0.2) is 9.13 Å². The van der Waals surface area contributed by atoms with Crippen LogP contribution in [0.15, 0.2) is 72.8 Å². The number of benzene rings is 5. The van der Waals surface area contributed by atoms with Gasteiger partial charge in [0, 0.05) is 21.5 Å². The number of aromatic nitrogens is 2. The summed E-state index contributed by atoms with van der Waals surface area (Å²) < 4.78 is 86.7. The Balaban J connectivity index is 1.63. The van der Waals surface area contributed by atoms with Gasteiger partial charge >= 0.3 is 12.1 Å². The largest absolute Gasteiger partial charge is 0.419 e. The molecule has 0 unspecified atom stereocenters. The Kier molecular flexibility index (Phi) is 7.95. The molecular formula is C49H48F5N3. The summed E-state index contributed by atoms with van der Waals surface area (Å²) in [6.45, 7) is 24.0. The summed E-state index contributed by atoms with van der Waals surface area (Å²) in [5, 5.41) is 13.6. The second kappa shape index (κ2) is 11.7. The molecule has 5 aromatic carbocycles. The van der Waals surface area contributed by atoms with Gasteiger partial charge in [-0.1, -0.05) is 119 Å². The third-order valence-electron chi connectivity index (χ3n) is 11.9. The van der Waals surface area contributed by atoms with Crippen molar-refractivity contribution in [1.82, 2.24) is 9.13 Å². The number of alkyl halides is 5. The Labute approximate surface area is 330 Å². The smallest absolute Gasteiger partial charge is 0.308 e. The molecular weight excluding hydrogens is 726 g/mol. The van der Waals surface area contributed by atoms with Crippen LogP contribution < -0.4 is 0 Å². The molecule has 0 N–H and O–H groups in total. The van der Waals surface area contributed by atoms with Crippen molar-refractivity contribution in [2.75, 3.05) is 0 Å². The molecule has 57 heavy (non-hydrogen) atoms. The van der Waals surface area contributed by atoms with Crippen LogP contribution in [0.5, 0.6) is 0 Å². The minimum Gasteiger partial charge on any atom is -0.308 e. The average molecular weight is 774 g/mol. The summed E-state index contributed by atoms with van der Waals surface area (Å²) in [6, 6.07) is 23.9. The third-order valence-corrected chi connectivity index (χ3v) is 11.9. The minimum absolute atomic E-state index is 0.144. The van der Waals surface area contributed by atoms with E-state index in [1.807, 2.05) is 102 Å². The molecule has 2 aromatic heterocycles. The molecule has 0 bridgehead atoms. The summed E-state index contributed by atoms with van der Waals surface area (Å²) in [4.78, 5) is 0. The van der Waals surface area contributed by atoms with Gasteiger partial charge in [0.15, 0.2) is 0 Å². The number of nitrogens with zero attached hydrogens (tertiary/aromatic N) is 3. The van der Waals surface area contributed by atoms with E-state index in [9.17, 15) is 5.26 Å². The van der Waals surface area contributed by atoms with Crippen molar-refractivity contribution in [3.8, 4) is 17.4 Å². The van der Waals surface area contributed by atoms with Crippen molar-refractivity contribution in [2.24, 2.45) is 0 Å². The lowest BCUT2D eigenvalue weighted by Crippen LogP contribution is -2.31. The van der Waals surface area contributed by atoms with Crippen molar-refractivity contribution in [1.29, 1.82) is 5.26 Å². The van der Waals surface area contributed by atoms with Gasteiger partial charge in [-0.15, -0.1) is 0 Å². The van der Waals surface area contributed by atoms with Crippen molar-refractivity contribution >= 4 is 43.6 Å². The Bertz CT molecular complexity index is 2900. The van der Waals surface area contributed by atoms with Crippen LogP contribution >= 0.6 is 0 Å². The molecule has 1 aliphatic heterocycles. The molecule has 8 rings (SSSR count). The van der Waals surface area contributed by atoms with E-state index in [-0.39, 0.29) is 38.7 Å². The van der Waals surface area contributed by atoms with Crippen molar-refractivity contribution in [2.45, 2.75) is 117 Å². The third kappa shape index (κ3) is 5.62. The lowest BCUT2D eigenvalue weighted by molar-refractivity contribution is -0.137. The standard InChI is InChI=1S/C49H48F5N3/c1-44(2,3)26-14-19-35-31(21-26)29-16-13-28(46(7,8)9)23-37(29)56(35)39-24-38-40(33(25-55)41(39)49(52,53)54)48(50,51)42-34(47(10,11)12)18-17-30-32-22-27(45(4,5)6)15-20-36(32)57(38)43(30)42/h13-24H,1-12H3. The normalized spacial score (nSPS) is 14.9. The van der Waals surface area contributed by atoms with Crippen LogP contribution in [-0.2, 0) is 33.8 Å². The fourth-order valence-electron chi connectivity index (χ4n) is 8.83. The topological polar surface area (TPSA) is 33.6 Å². The number of rotatable bonds is 1. The first-order chi connectivity index (χ1) is 26.2. The summed E-state index contributed by atoms with van der Waals surface area (Å²) in [6.07, 6.45) is -5.18. The molecule has 3 nitrogen and oxygen atoms in total. The Morgan fingerprint density at radius 3 is 1.51 bits per heavy atom. The Morgan fingerprint density at radius 2 is 1.00 bits per heavy atom. The van der Waals surface area contributed by atoms with Crippen LogP contribution in [0, 0.1) is 11.3 Å². The molecule has 7 aromatic rings. The van der Waals surface area contributed by atoms with Crippen molar-refractivity contribution in [3.05, 3.63) is 117 Å². The van der Waals surface area contributed by atoms with Gasteiger partial charge in [-0.25, -0.2) is 0 Å². The number of hydrogen-bond acceptors (Lipinski definition) is 1. The van der Waals surface area contributed by atoms with E-state index in [1.54, 1.807) is 16.7 Å². The summed E-state index contributed by atoms with van der Waals surface area (Å²) in [5.74, 6) is -3.96. The number of hydrogen-bond donors (Lipinski definition) is 0. The molecule has 1 aliphatic rings. The first-order valence-electron chi connectivity index (χ1n) is 19.5. The highest BCUT2D eigenvalue weighted by Gasteiger charge is 2.52. The van der Waals surface area contributed by atoms with Crippen LogP contribution in [0.3, 0.4) is 0 Å². The van der Waals surface area contributed by atoms with Gasteiger partial charge in [0.25, 0.3) is 0 Å². The van der Waals surface area contributed by atoms with E-state index in [0.29, 0.717) is 32.9 Å². The van der Waals surface area contributed by atoms with Gasteiger partial charge < -0.3 is 9.13 Å². The maximum atomic E-state index is 17.8. The quantitative estimate of drug-likeness (QED) is 0.153. The predicted molar refractivity (Wildman–Crippen MR) is 223 cm³/mol. The van der Waals surface area contributed by atoms with Gasteiger partial charge in [-0.05, 0) is 80.3 Å². The molecule has 0 spiro atoms. The summed E-state index contributed by atoms with van der Waals surface area (Å²) in [7, 11) is 0. The fraction of sp³-hybridized carbons (Fsp3) is 0.367. The minimum atomic E-state index is -5.18. The molecule has 8 heteroatoms. The van der Waals surface area contributed by atoms with Gasteiger partial charge in [0.1, 0.15) is 6.07 Å². The highest BCUT2D eigenvalue weighted by Crippen LogP contribution is 2.56. The van der Waals surface area contributed by atoms with Gasteiger partial charge in [0.05, 0.1) is 55.7 Å². The van der Waals surface area contributed by atoms with Crippen LogP contribution in [0.25, 0.3) is 55.0 Å². The number of halogens is 5. The molecule has 0 aliphatic carbocycles.